The monoisotopic (exact) mass is 1520 g/mol. The number of allylic oxidation sites excluding steroid dienone is 4. The van der Waals surface area contributed by atoms with Gasteiger partial charge in [0, 0.05) is 120 Å². The molecule has 0 atom stereocenters. The molecule has 2 aliphatic rings. The molecule has 12 heterocycles. The minimum absolute atomic E-state index is 0.843. The van der Waals surface area contributed by atoms with Crippen molar-refractivity contribution < 1.29 is 0 Å². The van der Waals surface area contributed by atoms with Gasteiger partial charge in [-0.25, -0.2) is 24.9 Å². The van der Waals surface area contributed by atoms with Gasteiger partial charge in [0.25, 0.3) is 0 Å². The van der Waals surface area contributed by atoms with Crippen molar-refractivity contribution >= 4 is 77.2 Å². The van der Waals surface area contributed by atoms with Crippen LogP contribution in [0.25, 0.3) is 77.2 Å². The van der Waals surface area contributed by atoms with Crippen LogP contribution in [0.3, 0.4) is 0 Å². The second-order valence-electron chi connectivity index (χ2n) is 25.8. The minimum Gasteiger partial charge on any atom is -0.348 e. The summed E-state index contributed by atoms with van der Waals surface area (Å²) in [7, 11) is 12.3. The van der Waals surface area contributed by atoms with Crippen LogP contribution in [-0.4, -0.2) is 77.2 Å². The quantitative estimate of drug-likeness (QED) is 0.143. The molecule has 0 N–H and O–H groups in total. The van der Waals surface area contributed by atoms with E-state index in [1.165, 1.54) is 122 Å². The Bertz CT molecular complexity index is 4520. The lowest BCUT2D eigenvalue weighted by Crippen LogP contribution is -1.93. The van der Waals surface area contributed by atoms with Crippen LogP contribution in [0.2, 0.25) is 0 Å². The molecule has 0 bridgehead atoms. The molecule has 112 heavy (non-hydrogen) atoms. The Balaban J connectivity index is 0.000000623. The van der Waals surface area contributed by atoms with Gasteiger partial charge in [-0.3, -0.25) is 24.9 Å². The van der Waals surface area contributed by atoms with E-state index in [4.69, 9.17) is 0 Å². The number of hydrogen-bond donors (Lipinski definition) is 0. The lowest BCUT2D eigenvalue weighted by molar-refractivity contribution is 0.880. The summed E-state index contributed by atoms with van der Waals surface area (Å²) in [6.07, 6.45) is 17.0. The van der Waals surface area contributed by atoms with Crippen LogP contribution in [-0.2, 0) is 55.1 Å². The number of para-hydroxylation sites is 1. The van der Waals surface area contributed by atoms with Crippen molar-refractivity contribution in [3.63, 3.8) is 0 Å². The summed E-state index contributed by atoms with van der Waals surface area (Å²) in [6.45, 7) is 69.8. The maximum Gasteiger partial charge on any atom is 0.178 e. The van der Waals surface area contributed by atoms with Crippen molar-refractivity contribution in [1.82, 2.24) is 77.2 Å². The summed E-state index contributed by atoms with van der Waals surface area (Å²) in [5, 5.41) is 2.51. The highest BCUT2D eigenvalue weighted by Crippen LogP contribution is 2.35. The van der Waals surface area contributed by atoms with Crippen molar-refractivity contribution in [1.29, 1.82) is 0 Å². The normalized spacial score (nSPS) is 10.7. The molecule has 16 heteroatoms. The lowest BCUT2D eigenvalue weighted by atomic mass is 10.0. The van der Waals surface area contributed by atoms with E-state index in [2.05, 4.69) is 236 Å². The molecule has 16 rings (SSSR count). The van der Waals surface area contributed by atoms with Crippen LogP contribution < -0.4 is 0 Å². The van der Waals surface area contributed by atoms with Crippen molar-refractivity contribution in [3.8, 4) is 0 Å². The van der Waals surface area contributed by atoms with Crippen LogP contribution >= 0.6 is 0 Å². The summed E-state index contributed by atoms with van der Waals surface area (Å²) < 4.78 is 12.7. The number of hydrogen-bond acceptors (Lipinski definition) is 10. The fraction of sp³-hybridized carbons (Fsp3) is 0.438. The van der Waals surface area contributed by atoms with Gasteiger partial charge in [-0.2, -0.15) is 0 Å². The van der Waals surface area contributed by atoms with Gasteiger partial charge in [0.05, 0.1) is 67.4 Å². The van der Waals surface area contributed by atoms with E-state index in [9.17, 15) is 0 Å². The molecular formula is C96H144N16. The molecule has 0 radical (unpaired) electrons. The Kier molecular flexibility index (Phi) is 44.5. The summed E-state index contributed by atoms with van der Waals surface area (Å²) in [6, 6.07) is 25.2. The number of benzene rings is 2. The first-order chi connectivity index (χ1) is 53.6. The third kappa shape index (κ3) is 24.9. The molecule has 0 saturated carbocycles. The molecular weight excluding hydrogens is 1380 g/mol. The van der Waals surface area contributed by atoms with Crippen LogP contribution in [0, 0.1) is 96.9 Å². The average molecular weight is 1520 g/mol. The number of fused-ring (bicyclic) bond motifs is 8. The highest BCUT2D eigenvalue weighted by molar-refractivity contribution is 5.85. The Morgan fingerprint density at radius 1 is 0.286 bits per heavy atom. The summed E-state index contributed by atoms with van der Waals surface area (Å²) in [4.78, 5) is 42.8. The van der Waals surface area contributed by atoms with Gasteiger partial charge in [0.2, 0.25) is 0 Å². The second kappa shape index (κ2) is 49.9. The van der Waals surface area contributed by atoms with Gasteiger partial charge in [-0.1, -0.05) is 152 Å². The highest BCUT2D eigenvalue weighted by atomic mass is 15.1. The minimum atomic E-state index is 0.843. The summed E-state index contributed by atoms with van der Waals surface area (Å²) in [5.41, 5.74) is 35.1. The first kappa shape index (κ1) is 99.8. The number of aromatic nitrogens is 16. The van der Waals surface area contributed by atoms with Gasteiger partial charge in [-0.05, 0) is 229 Å². The fourth-order valence-corrected chi connectivity index (χ4v) is 13.1. The molecule has 14 aromatic rings. The van der Waals surface area contributed by atoms with Gasteiger partial charge >= 0.3 is 0 Å². The summed E-state index contributed by atoms with van der Waals surface area (Å²) in [5.74, 6) is 4.13. The standard InChI is InChI=1S/C12H14.C11H13N.3C10H12N2.3C9H11N3.8C2H6/c1-8-5-4-6-11-7-9(2)10(3)12(8)11;1-7-4-5-12-10-6-8(2)9(3)11(7)10;1-7-5-11-6-9-4-8(2)12(3)10(7)9;1-7-6-9-4-5-11-8(2)10(9)12(7)3;1-7-5-4-6-9-10(7)12(3)8(2)11-9;1-6-4-10-5-8-9(6)12(3)7(2)11-8;1-6-9-8(4-5-10-6)11-7(2)12(9)3;1-6-4-5-10-9-8(6)12(3)7(2)11-9;8*1-2/h4-6H,7H2,1-3H3;4-5H,6H2,1-3H3;3*4-6H,1-3H3;3*4-5H,1-3H3;8*1-2H3. The molecule has 0 unspecified atom stereocenters. The smallest absolute Gasteiger partial charge is 0.178 e. The number of pyridine rings is 6. The average Bonchev–Trinajstić information content (AvgIpc) is 1.73. The second-order valence-corrected chi connectivity index (χ2v) is 25.8. The lowest BCUT2D eigenvalue weighted by Gasteiger charge is -2.04. The zero-order valence-corrected chi connectivity index (χ0v) is 77.1. The Morgan fingerprint density at radius 2 is 0.679 bits per heavy atom. The van der Waals surface area contributed by atoms with E-state index in [1.807, 2.05) is 223 Å². The molecule has 608 valence electrons. The zero-order valence-electron chi connectivity index (χ0n) is 77.1. The molecule has 2 aromatic carbocycles. The van der Waals surface area contributed by atoms with Crippen LogP contribution in [0.4, 0.5) is 0 Å². The van der Waals surface area contributed by atoms with Crippen molar-refractivity contribution in [2.75, 3.05) is 0 Å². The predicted octanol–water partition coefficient (Wildman–Crippen LogP) is 25.6. The molecule has 0 amide bonds. The van der Waals surface area contributed by atoms with E-state index in [0.29, 0.717) is 0 Å². The molecule has 0 spiro atoms. The van der Waals surface area contributed by atoms with Crippen LogP contribution in [0.1, 0.15) is 240 Å². The molecule has 2 aliphatic carbocycles. The third-order valence-corrected chi connectivity index (χ3v) is 19.1. The predicted molar refractivity (Wildman–Crippen MR) is 489 cm³/mol. The zero-order chi connectivity index (χ0) is 85.7. The first-order valence-corrected chi connectivity index (χ1v) is 40.8. The van der Waals surface area contributed by atoms with Gasteiger partial charge in [0.15, 0.2) is 5.65 Å². The number of aryl methyl sites for hydroxylation is 20. The number of imidazole rings is 4. The number of rotatable bonds is 0. The molecule has 0 aliphatic heterocycles. The SMILES string of the molecule is CC.CC.CC.CC.CC.CC.CC.CC.CC1=C(C)c2c(C)cccc2C1.CC1=C(C)c2c(C)ccnc2C1.Cc1cccc2nc(C)n(C)c12.Cc1ccnc2nc(C)n(C)c12.Cc1cncc2cc(C)n(C)c12.Cc1cncc2nc(C)n(C)c12.Cc1nccc2cc(C)n(C)c12.Cc1nccc2nc(C)n(C)c12. The fourth-order valence-electron chi connectivity index (χ4n) is 13.1. The van der Waals surface area contributed by atoms with Crippen LogP contribution in [0.15, 0.2) is 134 Å². The topological polar surface area (TPSA) is 158 Å². The maximum atomic E-state index is 4.44. The van der Waals surface area contributed by atoms with E-state index in [0.717, 1.165) is 80.8 Å². The molecule has 0 saturated heterocycles. The number of nitrogens with zero attached hydrogens (tertiary/aromatic N) is 16. The van der Waals surface area contributed by atoms with Gasteiger partial charge < -0.3 is 27.4 Å². The van der Waals surface area contributed by atoms with Crippen LogP contribution in [0.5, 0.6) is 0 Å². The third-order valence-electron chi connectivity index (χ3n) is 19.1. The largest absolute Gasteiger partial charge is 0.348 e. The van der Waals surface area contributed by atoms with Crippen molar-refractivity contribution in [3.05, 3.63) is 235 Å². The Hall–Kier alpha value is -10.2. The summed E-state index contributed by atoms with van der Waals surface area (Å²) >= 11 is 0. The van der Waals surface area contributed by atoms with Gasteiger partial charge in [0.1, 0.15) is 28.8 Å². The Morgan fingerprint density at radius 3 is 1.19 bits per heavy atom. The molecule has 16 nitrogen and oxygen atoms in total. The Labute approximate surface area is 676 Å². The molecule has 12 aromatic heterocycles. The van der Waals surface area contributed by atoms with E-state index < -0.39 is 0 Å². The van der Waals surface area contributed by atoms with Crippen molar-refractivity contribution in [2.45, 2.75) is 248 Å². The maximum absolute atomic E-state index is 4.44. The van der Waals surface area contributed by atoms with E-state index in [1.54, 1.807) is 18.6 Å². The highest BCUT2D eigenvalue weighted by Gasteiger charge is 2.19. The van der Waals surface area contributed by atoms with Crippen molar-refractivity contribution in [2.24, 2.45) is 42.3 Å². The first-order valence-electron chi connectivity index (χ1n) is 40.8. The van der Waals surface area contributed by atoms with E-state index >= 15 is 0 Å². The van der Waals surface area contributed by atoms with Gasteiger partial charge in [-0.15, -0.1) is 0 Å². The van der Waals surface area contributed by atoms with E-state index in [-0.39, 0.29) is 0 Å². The molecule has 0 fully saturated rings.